The Morgan fingerprint density at radius 3 is 2.01 bits per heavy atom. The molecule has 0 aromatic rings. The molecule has 6 saturated heterocycles. The third-order valence-electron chi connectivity index (χ3n) is 22.1. The topological polar surface area (TPSA) is 341 Å². The number of methoxy groups -OCH3 is 1. The van der Waals surface area contributed by atoms with E-state index in [-0.39, 0.29) is 43.1 Å². The number of nitro groups is 1. The number of aliphatic hydroxyl groups is 4. The lowest BCUT2D eigenvalue weighted by Gasteiger charge is -2.56. The highest BCUT2D eigenvalue weighted by atomic mass is 16.8. The van der Waals surface area contributed by atoms with E-state index in [9.17, 15) is 49.7 Å². The number of amides is 1. The third-order valence-corrected chi connectivity index (χ3v) is 22.1. The lowest BCUT2D eigenvalue weighted by atomic mass is 9.49. The van der Waals surface area contributed by atoms with Crippen molar-refractivity contribution in [3.05, 3.63) is 68.5 Å². The van der Waals surface area contributed by atoms with Gasteiger partial charge in [-0.2, -0.15) is 0 Å². The maximum Gasteiger partial charge on any atom is 0.407 e. The maximum absolute atomic E-state index is 15.6. The average molecular weight is 1340 g/mol. The van der Waals surface area contributed by atoms with E-state index < -0.39 is 216 Å². The second kappa shape index (κ2) is 29.0. The number of ketones is 1. The van der Waals surface area contributed by atoms with Gasteiger partial charge in [0.1, 0.15) is 35.9 Å². The smallest absolute Gasteiger partial charge is 0.407 e. The average Bonchev–Trinajstić information content (AvgIpc) is 1.52. The summed E-state index contributed by atoms with van der Waals surface area (Å²) in [6.45, 7) is 23.3. The van der Waals surface area contributed by atoms with Gasteiger partial charge in [0.15, 0.2) is 43.2 Å². The van der Waals surface area contributed by atoms with Crippen LogP contribution in [0.4, 0.5) is 4.79 Å². The van der Waals surface area contributed by atoms with Crippen molar-refractivity contribution in [3.8, 4) is 0 Å². The summed E-state index contributed by atoms with van der Waals surface area (Å²) in [5.74, 6) is -6.86. The molecule has 530 valence electrons. The van der Waals surface area contributed by atoms with Gasteiger partial charge < -0.3 is 87.3 Å². The molecule has 26 heteroatoms. The molecule has 6 aliphatic heterocycles. The normalized spacial score (nSPS) is 47.5. The van der Waals surface area contributed by atoms with Crippen LogP contribution in [-0.4, -0.2) is 197 Å². The SMILES string of the molecule is COC(=O)N[C@H]1[C@@H](C)O[C@@H](OC2C/C=C(\C)C3C=CC4C(O[C@H]5C[C@@H](O[C@H]6CC[C@@H](O[C@@H]7C[C@@H](O)[C@@H](O[C@H]8CC[C@@H](O)[C@H](C)O8)[C@H](C)O7)[C@H](C)O6)[C@@H](OC(=O)C(C)C)[C@H](C)O5)C(C)CC(C)C4C3(C)/C(O)=C3\C(=O)OC4(CC(C=O)=CC(O)C4/C=C/2C)C3=O)C[C@]1(C)[N+](=O)[O-]. The number of aliphatic hydroxyl groups excluding tert-OH is 4. The molecule has 10 aliphatic rings. The summed E-state index contributed by atoms with van der Waals surface area (Å²) in [4.78, 5) is 81.3. The molecule has 11 unspecified atom stereocenters. The zero-order chi connectivity index (χ0) is 69.1. The number of aldehydes is 1. The summed E-state index contributed by atoms with van der Waals surface area (Å²) in [5.41, 5.74) is -4.92. The van der Waals surface area contributed by atoms with Gasteiger partial charge in [0.05, 0.1) is 92.5 Å². The van der Waals surface area contributed by atoms with Crippen LogP contribution in [0, 0.1) is 57.0 Å². The van der Waals surface area contributed by atoms with E-state index in [0.29, 0.717) is 49.5 Å². The van der Waals surface area contributed by atoms with Crippen LogP contribution < -0.4 is 5.32 Å². The van der Waals surface area contributed by atoms with Crippen molar-refractivity contribution >= 4 is 30.1 Å². The van der Waals surface area contributed by atoms with Crippen molar-refractivity contribution in [1.82, 2.24) is 5.32 Å². The number of alkyl carbamates (subject to hydrolysis) is 1. The number of carbonyl (C=O) groups is 5. The van der Waals surface area contributed by atoms with Crippen LogP contribution in [-0.2, 0) is 80.8 Å². The van der Waals surface area contributed by atoms with Gasteiger partial charge in [0.2, 0.25) is 11.3 Å². The fourth-order valence-electron chi connectivity index (χ4n) is 17.0. The molecule has 29 atom stereocenters. The van der Waals surface area contributed by atoms with Gasteiger partial charge in [0, 0.05) is 61.2 Å². The minimum atomic E-state index is -2.20. The number of nitrogens with one attached hydrogen (secondary N) is 1. The standard InChI is InChI=1S/C69H100N2O24/c1-31(2)64(78)94-60-39(10)87-54(27-50(60)91-51-22-20-49(37(8)85-51)90-53-26-47(75)59(38(9)86-53)92-52-21-18-45(73)36(7)84-52)93-58-35(6)23-34(5)57-42(58)16-17-43-32(3)15-19-48(89-55-29-67(12,71(81)82)61(40(11)88-55)70-66(80)83-14)33(4)24-44-46(74)25-41(30-72)28-69(44)63(77)56(65(79)95-69)62(76)68(43,57)13/h15-17,24-25,30-31,34-40,42-55,57-61,73-76H,18-23,26-29H2,1-14H3,(H,70,80)/b32-15+,33-24+,62-56+/t34?,35?,36-,37-,38-,39-,40+,42?,43?,44?,45+,46?,47+,48?,49+,50+,51-,52-,53+,54-,55-,57?,58?,59-,60-,61-,67-,68?,69?/m0/s1. The summed E-state index contributed by atoms with van der Waals surface area (Å²) in [7, 11) is 1.15. The Morgan fingerprint density at radius 1 is 0.726 bits per heavy atom. The van der Waals surface area contributed by atoms with Crippen LogP contribution >= 0.6 is 0 Å². The minimum absolute atomic E-state index is 0.00174. The van der Waals surface area contributed by atoms with Crippen molar-refractivity contribution in [2.24, 2.45) is 46.8 Å². The summed E-state index contributed by atoms with van der Waals surface area (Å²) in [6, 6.07) is -1.13. The largest absolute Gasteiger partial charge is 0.511 e. The zero-order valence-corrected chi connectivity index (χ0v) is 57.0. The van der Waals surface area contributed by atoms with Crippen LogP contribution in [0.25, 0.3) is 0 Å². The van der Waals surface area contributed by atoms with Gasteiger partial charge in [0.25, 0.3) is 0 Å². The summed E-state index contributed by atoms with van der Waals surface area (Å²) < 4.78 is 82.1. The second-order valence-corrected chi connectivity index (χ2v) is 29.2. The van der Waals surface area contributed by atoms with Crippen LogP contribution in [0.3, 0.4) is 0 Å². The summed E-state index contributed by atoms with van der Waals surface area (Å²) in [5, 5.41) is 62.1. The van der Waals surface area contributed by atoms with E-state index in [4.69, 9.17) is 61.6 Å². The first-order chi connectivity index (χ1) is 44.8. The number of hydrogen-bond acceptors (Lipinski definition) is 24. The van der Waals surface area contributed by atoms with Crippen molar-refractivity contribution in [1.29, 1.82) is 0 Å². The van der Waals surface area contributed by atoms with Gasteiger partial charge in [-0.1, -0.05) is 64.5 Å². The van der Waals surface area contributed by atoms with Gasteiger partial charge in [-0.25, -0.2) is 9.59 Å². The Morgan fingerprint density at radius 2 is 1.36 bits per heavy atom. The van der Waals surface area contributed by atoms with Crippen molar-refractivity contribution < 1.29 is 111 Å². The fraction of sp³-hybridized carbons (Fsp3) is 0.783. The summed E-state index contributed by atoms with van der Waals surface area (Å²) >= 11 is 0. The number of rotatable bonds is 15. The monoisotopic (exact) mass is 1340 g/mol. The Labute approximate surface area is 555 Å². The highest BCUT2D eigenvalue weighted by molar-refractivity contribution is 6.26. The quantitative estimate of drug-likeness (QED) is 0.0209. The highest BCUT2D eigenvalue weighted by Crippen LogP contribution is 2.61. The third kappa shape index (κ3) is 14.4. The van der Waals surface area contributed by atoms with Gasteiger partial charge in [-0.3, -0.25) is 24.5 Å². The molecule has 26 nitrogen and oxygen atoms in total. The van der Waals surface area contributed by atoms with Crippen molar-refractivity contribution in [2.75, 3.05) is 7.11 Å². The molecule has 0 aromatic heterocycles. The Hall–Kier alpha value is -5.07. The Bertz CT molecular complexity index is 3010. The predicted molar refractivity (Wildman–Crippen MR) is 334 cm³/mol. The highest BCUT2D eigenvalue weighted by Gasteiger charge is 2.65. The lowest BCUT2D eigenvalue weighted by Crippen LogP contribution is -2.65. The van der Waals surface area contributed by atoms with E-state index in [1.807, 2.05) is 39.8 Å². The predicted octanol–water partition coefficient (Wildman–Crippen LogP) is 7.00. The fourth-order valence-corrected chi connectivity index (χ4v) is 17.0. The molecule has 5 N–H and O–H groups in total. The molecule has 2 bridgehead atoms. The first-order valence-corrected chi connectivity index (χ1v) is 34.0. The molecule has 1 saturated carbocycles. The zero-order valence-electron chi connectivity index (χ0n) is 57.0. The molecular formula is C69H100N2O24. The van der Waals surface area contributed by atoms with E-state index in [0.717, 1.165) is 7.11 Å². The van der Waals surface area contributed by atoms with Crippen LogP contribution in [0.2, 0.25) is 0 Å². The Kier molecular flexibility index (Phi) is 22.2. The molecule has 0 aromatic carbocycles. The number of fused-ring (bicyclic) bond motifs is 4. The number of Topliss-reactive ketones (excluding diaryl/α,β-unsaturated/α-hetero) is 1. The number of hydrogen-bond donors (Lipinski definition) is 5. The second-order valence-electron chi connectivity index (χ2n) is 29.2. The lowest BCUT2D eigenvalue weighted by molar-refractivity contribution is -0.584. The molecule has 1 amide bonds. The van der Waals surface area contributed by atoms with Gasteiger partial charge in [-0.05, 0) is 109 Å². The van der Waals surface area contributed by atoms with Crippen molar-refractivity contribution in [3.63, 3.8) is 0 Å². The van der Waals surface area contributed by atoms with E-state index >= 15 is 4.79 Å². The number of nitrogens with zero attached hydrogens (tertiary/aromatic N) is 1. The number of esters is 2. The van der Waals surface area contributed by atoms with E-state index in [2.05, 4.69) is 25.2 Å². The molecule has 7 fully saturated rings. The maximum atomic E-state index is 15.6. The molecule has 1 spiro atoms. The van der Waals surface area contributed by atoms with E-state index in [1.54, 1.807) is 47.6 Å². The molecule has 6 heterocycles. The van der Waals surface area contributed by atoms with Gasteiger partial charge >= 0.3 is 18.0 Å². The molecule has 0 radical (unpaired) electrons. The minimum Gasteiger partial charge on any atom is -0.511 e. The van der Waals surface area contributed by atoms with Crippen LogP contribution in [0.5, 0.6) is 0 Å². The first kappa shape index (κ1) is 72.7. The molecular weight excluding hydrogens is 1240 g/mol. The van der Waals surface area contributed by atoms with Crippen molar-refractivity contribution in [2.45, 2.75) is 288 Å². The molecule has 10 rings (SSSR count). The first-order valence-electron chi connectivity index (χ1n) is 34.0. The number of ether oxygens (including phenoxy) is 13. The Balaban J connectivity index is 0.914. The molecule has 95 heavy (non-hydrogen) atoms. The van der Waals surface area contributed by atoms with E-state index in [1.165, 1.54) is 13.0 Å². The van der Waals surface area contributed by atoms with Crippen LogP contribution in [0.15, 0.2) is 58.4 Å². The summed E-state index contributed by atoms with van der Waals surface area (Å²) in [6.07, 6.45) is -4.28. The van der Waals surface area contributed by atoms with Crippen LogP contribution in [0.1, 0.15) is 154 Å². The number of allylic oxidation sites excluding steroid dienone is 3. The van der Waals surface area contributed by atoms with Gasteiger partial charge in [-0.15, -0.1) is 0 Å². The molecule has 4 aliphatic carbocycles. The number of carbonyl (C=O) groups excluding carboxylic acids is 5.